The zero-order chi connectivity index (χ0) is 33.5. The molecule has 0 N–H and O–H groups in total. The van der Waals surface area contributed by atoms with Crippen LogP contribution >= 0.6 is 0 Å². The van der Waals surface area contributed by atoms with Gasteiger partial charge in [0, 0.05) is 26.2 Å². The summed E-state index contributed by atoms with van der Waals surface area (Å²) in [4.78, 5) is 85.3. The fourth-order valence-corrected chi connectivity index (χ4v) is 6.13. The summed E-state index contributed by atoms with van der Waals surface area (Å²) in [5.41, 5.74) is 1.11. The van der Waals surface area contributed by atoms with Gasteiger partial charge in [0.25, 0.3) is 23.6 Å². The first-order chi connectivity index (χ1) is 22.8. The van der Waals surface area contributed by atoms with Crippen molar-refractivity contribution in [1.29, 1.82) is 0 Å². The normalized spacial score (nSPS) is 19.6. The molecule has 2 aromatic carbocycles. The van der Waals surface area contributed by atoms with Crippen LogP contribution in [0.1, 0.15) is 68.1 Å². The minimum atomic E-state index is -0.992. The zero-order valence-corrected chi connectivity index (χ0v) is 26.7. The minimum absolute atomic E-state index is 0.123. The predicted molar refractivity (Wildman–Crippen MR) is 168 cm³/mol. The van der Waals surface area contributed by atoms with Crippen LogP contribution in [0.25, 0.3) is 0 Å². The highest BCUT2D eigenvalue weighted by atomic mass is 16.5. The Morgan fingerprint density at radius 3 is 1.09 bits per heavy atom. The molecular formula is C34H40N4O9. The average molecular weight is 649 g/mol. The Hall–Kier alpha value is -4.46. The quantitative estimate of drug-likeness (QED) is 0.429. The first-order valence-corrected chi connectivity index (χ1v) is 16.0. The van der Waals surface area contributed by atoms with Gasteiger partial charge < -0.3 is 24.0 Å². The van der Waals surface area contributed by atoms with Gasteiger partial charge in [-0.3, -0.25) is 38.6 Å². The molecule has 2 atom stereocenters. The van der Waals surface area contributed by atoms with E-state index in [1.54, 1.807) is 62.4 Å². The molecule has 13 heteroatoms. The number of carbonyl (C=O) groups excluding carboxylic acids is 6. The second-order valence-corrected chi connectivity index (χ2v) is 11.4. The average Bonchev–Trinajstić information content (AvgIpc) is 3.48. The summed E-state index contributed by atoms with van der Waals surface area (Å²) in [6.07, 6.45) is 0.470. The van der Waals surface area contributed by atoms with Crippen LogP contribution in [0.2, 0.25) is 0 Å². The van der Waals surface area contributed by atoms with Crippen molar-refractivity contribution in [3.8, 4) is 0 Å². The maximum atomic E-state index is 13.8. The fourth-order valence-electron chi connectivity index (χ4n) is 6.13. The smallest absolute Gasteiger partial charge is 0.262 e. The van der Waals surface area contributed by atoms with E-state index in [1.165, 1.54) is 9.80 Å². The van der Waals surface area contributed by atoms with Crippen molar-refractivity contribution in [2.45, 2.75) is 38.8 Å². The van der Waals surface area contributed by atoms with E-state index in [9.17, 15) is 28.8 Å². The van der Waals surface area contributed by atoms with Gasteiger partial charge in [0.15, 0.2) is 0 Å². The number of ether oxygens (including phenoxy) is 3. The van der Waals surface area contributed by atoms with Gasteiger partial charge in [-0.25, -0.2) is 0 Å². The van der Waals surface area contributed by atoms with Crippen molar-refractivity contribution < 1.29 is 43.0 Å². The van der Waals surface area contributed by atoms with Gasteiger partial charge in [-0.1, -0.05) is 38.1 Å². The molecule has 3 aliphatic rings. The summed E-state index contributed by atoms with van der Waals surface area (Å²) in [7, 11) is 0. The number of amides is 6. The van der Waals surface area contributed by atoms with Crippen LogP contribution in [0.3, 0.4) is 0 Å². The number of rotatable bonds is 6. The summed E-state index contributed by atoms with van der Waals surface area (Å²) in [5, 5.41) is 0. The molecule has 250 valence electrons. The van der Waals surface area contributed by atoms with Crippen molar-refractivity contribution in [2.75, 3.05) is 65.8 Å². The van der Waals surface area contributed by atoms with Gasteiger partial charge in [-0.05, 0) is 37.1 Å². The van der Waals surface area contributed by atoms with Crippen molar-refractivity contribution in [1.82, 2.24) is 19.6 Å². The molecule has 0 unspecified atom stereocenters. The lowest BCUT2D eigenvalue weighted by Crippen LogP contribution is -2.52. The molecule has 3 heterocycles. The second-order valence-electron chi connectivity index (χ2n) is 11.4. The zero-order valence-electron chi connectivity index (χ0n) is 26.7. The van der Waals surface area contributed by atoms with Crippen molar-refractivity contribution in [3.63, 3.8) is 0 Å². The van der Waals surface area contributed by atoms with E-state index in [1.807, 2.05) is 0 Å². The van der Waals surface area contributed by atoms with Crippen molar-refractivity contribution in [3.05, 3.63) is 70.8 Å². The Morgan fingerprint density at radius 2 is 0.809 bits per heavy atom. The third-order valence-electron chi connectivity index (χ3n) is 8.64. The van der Waals surface area contributed by atoms with E-state index in [0.29, 0.717) is 0 Å². The third kappa shape index (κ3) is 6.97. The number of hydrogen-bond donors (Lipinski definition) is 0. The number of nitrogens with zero attached hydrogens (tertiary/aromatic N) is 4. The van der Waals surface area contributed by atoms with Crippen LogP contribution in [-0.2, 0) is 23.8 Å². The Morgan fingerprint density at radius 1 is 0.532 bits per heavy atom. The predicted octanol–water partition coefficient (Wildman–Crippen LogP) is 1.86. The van der Waals surface area contributed by atoms with Crippen LogP contribution < -0.4 is 0 Å². The molecule has 1 saturated heterocycles. The third-order valence-corrected chi connectivity index (χ3v) is 8.64. The van der Waals surface area contributed by atoms with Gasteiger partial charge >= 0.3 is 0 Å². The molecule has 13 nitrogen and oxygen atoms in total. The van der Waals surface area contributed by atoms with Crippen LogP contribution in [-0.4, -0.2) is 133 Å². The maximum absolute atomic E-state index is 13.8. The molecule has 0 saturated carbocycles. The van der Waals surface area contributed by atoms with Crippen LogP contribution in [0.5, 0.6) is 0 Å². The Bertz CT molecular complexity index is 1350. The highest BCUT2D eigenvalue weighted by Crippen LogP contribution is 2.28. The summed E-state index contributed by atoms with van der Waals surface area (Å²) >= 11 is 0. The van der Waals surface area contributed by atoms with E-state index in [4.69, 9.17) is 14.2 Å². The van der Waals surface area contributed by atoms with Crippen LogP contribution in [0.15, 0.2) is 48.5 Å². The minimum Gasteiger partial charge on any atom is -0.378 e. The second kappa shape index (κ2) is 15.4. The number of benzene rings is 2. The van der Waals surface area contributed by atoms with E-state index in [2.05, 4.69) is 0 Å². The summed E-state index contributed by atoms with van der Waals surface area (Å²) < 4.78 is 17.3. The van der Waals surface area contributed by atoms with Gasteiger partial charge in [-0.15, -0.1) is 0 Å². The Labute approximate surface area is 273 Å². The van der Waals surface area contributed by atoms with Crippen molar-refractivity contribution >= 4 is 35.4 Å². The fraction of sp³-hybridized carbons (Fsp3) is 0.471. The molecule has 5 rings (SSSR count). The van der Waals surface area contributed by atoms with Crippen LogP contribution in [0.4, 0.5) is 0 Å². The van der Waals surface area contributed by atoms with Gasteiger partial charge in [0.1, 0.15) is 12.1 Å². The lowest BCUT2D eigenvalue weighted by molar-refractivity contribution is -0.137. The molecule has 0 aliphatic carbocycles. The first kappa shape index (κ1) is 33.9. The topological polar surface area (TPSA) is 143 Å². The number of imide groups is 2. The molecule has 0 bridgehead atoms. The molecule has 0 radical (unpaired) electrons. The van der Waals surface area contributed by atoms with E-state index in [0.717, 1.165) is 9.80 Å². The lowest BCUT2D eigenvalue weighted by atomic mass is 10.1. The molecule has 47 heavy (non-hydrogen) atoms. The Balaban J connectivity index is 1.24. The summed E-state index contributed by atoms with van der Waals surface area (Å²) in [6, 6.07) is 11.1. The summed E-state index contributed by atoms with van der Waals surface area (Å²) in [6.45, 7) is 5.41. The Kier molecular flexibility index (Phi) is 11.1. The molecule has 3 aliphatic heterocycles. The number of carbonyl (C=O) groups is 6. The molecule has 0 spiro atoms. The standard InChI is InChI=1S/C34H40N4O9/c1-3-27(37-29(39)23-9-5-6-10-24(23)30(37)40)33(43)35-13-17-45-18-14-36(16-20-47-22-21-46-19-15-35)34(44)28(4-2)38-31(41)25-11-7-8-12-26(25)32(38)42/h5-12,27-28H,3-4,13-22H2,1-2H3/t27-,28+. The number of fused-ring (bicyclic) bond motifs is 2. The van der Waals surface area contributed by atoms with Gasteiger partial charge in [-0.2, -0.15) is 0 Å². The maximum Gasteiger partial charge on any atom is 0.262 e. The van der Waals surface area contributed by atoms with E-state index >= 15 is 0 Å². The SMILES string of the molecule is CC[C@H](C(=O)N1CCOCCOCCN(C(=O)[C@H](CC)N2C(=O)c3ccccc3C2=O)CCOCC1)N1C(=O)c2ccccc2C1=O. The first-order valence-electron chi connectivity index (χ1n) is 16.0. The highest BCUT2D eigenvalue weighted by Gasteiger charge is 2.44. The van der Waals surface area contributed by atoms with E-state index in [-0.39, 0.29) is 101 Å². The van der Waals surface area contributed by atoms with Gasteiger partial charge in [0.05, 0.1) is 61.9 Å². The summed E-state index contributed by atoms with van der Waals surface area (Å²) in [5.74, 6) is -2.76. The number of hydrogen-bond acceptors (Lipinski definition) is 9. The van der Waals surface area contributed by atoms with Crippen LogP contribution in [0, 0.1) is 0 Å². The lowest BCUT2D eigenvalue weighted by Gasteiger charge is -2.31. The molecule has 2 aromatic rings. The molecule has 6 amide bonds. The molecule has 0 aromatic heterocycles. The largest absolute Gasteiger partial charge is 0.378 e. The highest BCUT2D eigenvalue weighted by molar-refractivity contribution is 6.23. The van der Waals surface area contributed by atoms with Crippen molar-refractivity contribution in [2.24, 2.45) is 0 Å². The van der Waals surface area contributed by atoms with Gasteiger partial charge in [0.2, 0.25) is 11.8 Å². The molecule has 1 fully saturated rings. The monoisotopic (exact) mass is 648 g/mol. The molecular weight excluding hydrogens is 608 g/mol. The van der Waals surface area contributed by atoms with E-state index < -0.39 is 47.5 Å².